The number of rotatable bonds is 6. The average molecular weight is 478 g/mol. The minimum atomic E-state index is -0.0909. The minimum absolute atomic E-state index is 0.0909. The molecule has 0 atom stereocenters. The maximum absolute atomic E-state index is 12.7. The molecule has 1 aliphatic heterocycles. The second-order valence-electron chi connectivity index (χ2n) is 8.25. The standard InChI is InChI=1S/C25H24ClN5OS/c26-19-8-4-6-17(12-19)13-24-28-21(16-33-24)15-23(32)27-20-9-5-7-18(14-20)25-30-29-22-10-2-1-3-11-31(22)25/h4-9,12,14,16H,1-3,10-11,13,15H2,(H,27,32). The van der Waals surface area contributed by atoms with Crippen LogP contribution in [0.4, 0.5) is 5.69 Å². The van der Waals surface area contributed by atoms with Gasteiger partial charge in [0.2, 0.25) is 5.91 Å². The van der Waals surface area contributed by atoms with Crippen molar-refractivity contribution in [2.24, 2.45) is 0 Å². The van der Waals surface area contributed by atoms with Crippen LogP contribution in [0.2, 0.25) is 5.02 Å². The minimum Gasteiger partial charge on any atom is -0.326 e. The quantitative estimate of drug-likeness (QED) is 0.395. The van der Waals surface area contributed by atoms with Crippen molar-refractivity contribution >= 4 is 34.5 Å². The monoisotopic (exact) mass is 477 g/mol. The average Bonchev–Trinajstić information content (AvgIpc) is 3.33. The van der Waals surface area contributed by atoms with Crippen LogP contribution in [0.25, 0.3) is 11.4 Å². The summed E-state index contributed by atoms with van der Waals surface area (Å²) in [4.78, 5) is 17.3. The van der Waals surface area contributed by atoms with Gasteiger partial charge < -0.3 is 9.88 Å². The van der Waals surface area contributed by atoms with Gasteiger partial charge >= 0.3 is 0 Å². The molecule has 6 nitrogen and oxygen atoms in total. The molecule has 0 radical (unpaired) electrons. The van der Waals surface area contributed by atoms with Gasteiger partial charge in [0.1, 0.15) is 5.82 Å². The van der Waals surface area contributed by atoms with E-state index in [2.05, 4.69) is 25.1 Å². The summed E-state index contributed by atoms with van der Waals surface area (Å²) in [5, 5.41) is 15.4. The third kappa shape index (κ3) is 5.31. The van der Waals surface area contributed by atoms with Gasteiger partial charge in [0.25, 0.3) is 0 Å². The van der Waals surface area contributed by atoms with Crippen LogP contribution in [-0.4, -0.2) is 25.7 Å². The lowest BCUT2D eigenvalue weighted by molar-refractivity contribution is -0.115. The van der Waals surface area contributed by atoms with E-state index in [-0.39, 0.29) is 12.3 Å². The van der Waals surface area contributed by atoms with E-state index < -0.39 is 0 Å². The molecule has 3 heterocycles. The number of thiazole rings is 1. The van der Waals surface area contributed by atoms with E-state index in [1.807, 2.05) is 53.9 Å². The van der Waals surface area contributed by atoms with Crippen molar-refractivity contribution in [1.82, 2.24) is 19.7 Å². The van der Waals surface area contributed by atoms with E-state index in [4.69, 9.17) is 11.6 Å². The number of carbonyl (C=O) groups excluding carboxylic acids is 1. The second-order valence-corrected chi connectivity index (χ2v) is 9.63. The van der Waals surface area contributed by atoms with Gasteiger partial charge in [-0.15, -0.1) is 21.5 Å². The molecular weight excluding hydrogens is 454 g/mol. The molecule has 8 heteroatoms. The van der Waals surface area contributed by atoms with E-state index in [0.29, 0.717) is 11.4 Å². The number of aromatic nitrogens is 4. The van der Waals surface area contributed by atoms with Crippen LogP contribution in [0.5, 0.6) is 0 Å². The molecular formula is C25H24ClN5OS. The molecule has 0 bridgehead atoms. The Morgan fingerprint density at radius 1 is 1.09 bits per heavy atom. The summed E-state index contributed by atoms with van der Waals surface area (Å²) in [6, 6.07) is 15.6. The number of hydrogen-bond acceptors (Lipinski definition) is 5. The van der Waals surface area contributed by atoms with E-state index in [1.54, 1.807) is 11.3 Å². The molecule has 2 aromatic carbocycles. The van der Waals surface area contributed by atoms with Crippen molar-refractivity contribution in [3.63, 3.8) is 0 Å². The summed E-state index contributed by atoms with van der Waals surface area (Å²) in [6.07, 6.45) is 5.42. The summed E-state index contributed by atoms with van der Waals surface area (Å²) >= 11 is 7.63. The van der Waals surface area contributed by atoms with Crippen molar-refractivity contribution in [3.8, 4) is 11.4 Å². The van der Waals surface area contributed by atoms with Gasteiger partial charge in [0.15, 0.2) is 5.82 Å². The summed E-state index contributed by atoms with van der Waals surface area (Å²) in [5.41, 5.74) is 3.59. The molecule has 2 aromatic heterocycles. The number of hydrogen-bond donors (Lipinski definition) is 1. The van der Waals surface area contributed by atoms with Crippen molar-refractivity contribution in [2.75, 3.05) is 5.32 Å². The first kappa shape index (κ1) is 21.8. The number of nitrogens with zero attached hydrogens (tertiary/aromatic N) is 4. The fraction of sp³-hybridized carbons (Fsp3) is 0.280. The molecule has 1 amide bonds. The number of anilines is 1. The fourth-order valence-corrected chi connectivity index (χ4v) is 5.18. The molecule has 1 N–H and O–H groups in total. The highest BCUT2D eigenvalue weighted by atomic mass is 35.5. The lowest BCUT2D eigenvalue weighted by Gasteiger charge is -2.09. The number of nitrogens with one attached hydrogen (secondary N) is 1. The molecule has 5 rings (SSSR count). The highest BCUT2D eigenvalue weighted by Gasteiger charge is 2.16. The zero-order chi connectivity index (χ0) is 22.6. The maximum Gasteiger partial charge on any atom is 0.230 e. The molecule has 0 fully saturated rings. The Balaban J connectivity index is 1.24. The zero-order valence-electron chi connectivity index (χ0n) is 18.1. The summed E-state index contributed by atoms with van der Waals surface area (Å²) < 4.78 is 2.21. The first-order chi connectivity index (χ1) is 16.1. The van der Waals surface area contributed by atoms with E-state index in [1.165, 1.54) is 6.42 Å². The topological polar surface area (TPSA) is 72.7 Å². The molecule has 0 saturated carbocycles. The number of halogens is 1. The summed E-state index contributed by atoms with van der Waals surface area (Å²) in [6.45, 7) is 0.940. The zero-order valence-corrected chi connectivity index (χ0v) is 19.7. The highest BCUT2D eigenvalue weighted by Crippen LogP contribution is 2.25. The van der Waals surface area contributed by atoms with Crippen LogP contribution in [0, 0.1) is 0 Å². The number of aryl methyl sites for hydroxylation is 1. The molecule has 0 unspecified atom stereocenters. The molecule has 4 aromatic rings. The SMILES string of the molecule is O=C(Cc1csc(Cc2cccc(Cl)c2)n1)Nc1cccc(-c2nnc3n2CCCCC3)c1. The molecule has 1 aliphatic rings. The van der Waals surface area contributed by atoms with Crippen molar-refractivity contribution in [2.45, 2.75) is 45.1 Å². The van der Waals surface area contributed by atoms with Crippen molar-refractivity contribution in [1.29, 1.82) is 0 Å². The molecule has 0 saturated heterocycles. The van der Waals surface area contributed by atoms with E-state index in [9.17, 15) is 4.79 Å². The van der Waals surface area contributed by atoms with Crippen molar-refractivity contribution < 1.29 is 4.79 Å². The summed E-state index contributed by atoms with van der Waals surface area (Å²) in [7, 11) is 0. The number of fused-ring (bicyclic) bond motifs is 1. The molecule has 33 heavy (non-hydrogen) atoms. The van der Waals surface area contributed by atoms with Crippen LogP contribution >= 0.6 is 22.9 Å². The highest BCUT2D eigenvalue weighted by molar-refractivity contribution is 7.09. The largest absolute Gasteiger partial charge is 0.326 e. The smallest absolute Gasteiger partial charge is 0.230 e. The van der Waals surface area contributed by atoms with Crippen LogP contribution < -0.4 is 5.32 Å². The predicted molar refractivity (Wildman–Crippen MR) is 132 cm³/mol. The van der Waals surface area contributed by atoms with Gasteiger partial charge in [0.05, 0.1) is 17.1 Å². The number of amides is 1. The van der Waals surface area contributed by atoms with Gasteiger partial charge in [-0.25, -0.2) is 4.98 Å². The third-order valence-electron chi connectivity index (χ3n) is 5.70. The van der Waals surface area contributed by atoms with Gasteiger partial charge in [-0.3, -0.25) is 4.79 Å². The Kier molecular flexibility index (Phi) is 6.51. The molecule has 0 aliphatic carbocycles. The van der Waals surface area contributed by atoms with Gasteiger partial charge in [-0.05, 0) is 42.7 Å². The number of benzene rings is 2. The Morgan fingerprint density at radius 2 is 2.00 bits per heavy atom. The Labute approximate surface area is 201 Å². The Hall–Kier alpha value is -3.03. The number of carbonyl (C=O) groups is 1. The third-order valence-corrected chi connectivity index (χ3v) is 6.83. The van der Waals surface area contributed by atoms with Gasteiger partial charge in [-0.1, -0.05) is 42.3 Å². The first-order valence-electron chi connectivity index (χ1n) is 11.1. The van der Waals surface area contributed by atoms with Crippen LogP contribution in [-0.2, 0) is 30.6 Å². The normalized spacial score (nSPS) is 13.4. The summed E-state index contributed by atoms with van der Waals surface area (Å²) in [5.74, 6) is 1.83. The lowest BCUT2D eigenvalue weighted by atomic mass is 10.1. The molecule has 168 valence electrons. The second kappa shape index (κ2) is 9.85. The van der Waals surface area contributed by atoms with Gasteiger partial charge in [-0.2, -0.15) is 0 Å². The Bertz CT molecular complexity index is 1280. The van der Waals surface area contributed by atoms with Crippen LogP contribution in [0.1, 0.15) is 41.4 Å². The molecule has 0 spiro atoms. The Morgan fingerprint density at radius 3 is 2.91 bits per heavy atom. The van der Waals surface area contributed by atoms with Gasteiger partial charge in [0, 0.05) is 41.0 Å². The van der Waals surface area contributed by atoms with E-state index in [0.717, 1.165) is 65.0 Å². The first-order valence-corrected chi connectivity index (χ1v) is 12.4. The fourth-order valence-electron chi connectivity index (χ4n) is 4.14. The lowest BCUT2D eigenvalue weighted by Crippen LogP contribution is -2.14. The van der Waals surface area contributed by atoms with E-state index >= 15 is 0 Å². The van der Waals surface area contributed by atoms with Crippen LogP contribution in [0.3, 0.4) is 0 Å². The maximum atomic E-state index is 12.7. The van der Waals surface area contributed by atoms with Crippen LogP contribution in [0.15, 0.2) is 53.9 Å². The van der Waals surface area contributed by atoms with Crippen molar-refractivity contribution in [3.05, 3.63) is 81.0 Å². The predicted octanol–water partition coefficient (Wildman–Crippen LogP) is 5.55.